The van der Waals surface area contributed by atoms with E-state index < -0.39 is 0 Å². The first kappa shape index (κ1) is 12.8. The van der Waals surface area contributed by atoms with Gasteiger partial charge >= 0.3 is 0 Å². The average molecular weight is 337 g/mol. The molecule has 0 saturated heterocycles. The molecule has 102 valence electrons. The van der Waals surface area contributed by atoms with Gasteiger partial charge in [0.2, 0.25) is 0 Å². The van der Waals surface area contributed by atoms with Crippen molar-refractivity contribution in [3.8, 4) is 0 Å². The van der Waals surface area contributed by atoms with Gasteiger partial charge < -0.3 is 0 Å². The number of ketones is 1. The van der Waals surface area contributed by atoms with E-state index in [-0.39, 0.29) is 5.78 Å². The Bertz CT molecular complexity index is 880. The third-order valence-corrected chi connectivity index (χ3v) is 4.83. The largest absolute Gasteiger partial charge is 0.289 e. The van der Waals surface area contributed by atoms with Gasteiger partial charge in [-0.1, -0.05) is 70.5 Å². The van der Waals surface area contributed by atoms with E-state index in [1.54, 1.807) is 0 Å². The first-order valence-corrected chi connectivity index (χ1v) is 8.14. The van der Waals surface area contributed by atoms with Gasteiger partial charge in [0, 0.05) is 16.5 Å². The molecule has 4 rings (SSSR count). The van der Waals surface area contributed by atoms with Gasteiger partial charge in [-0.2, -0.15) is 0 Å². The number of hydrogen-bond donors (Lipinski definition) is 0. The van der Waals surface area contributed by atoms with Gasteiger partial charge in [-0.3, -0.25) is 4.79 Å². The molecule has 1 aliphatic carbocycles. The Balaban J connectivity index is 2.08. The lowest BCUT2D eigenvalue weighted by molar-refractivity contribution is 0.103. The van der Waals surface area contributed by atoms with E-state index in [0.717, 1.165) is 39.4 Å². The van der Waals surface area contributed by atoms with Crippen LogP contribution in [0.25, 0.3) is 10.8 Å². The van der Waals surface area contributed by atoms with Crippen LogP contribution < -0.4 is 0 Å². The molecule has 3 aromatic carbocycles. The summed E-state index contributed by atoms with van der Waals surface area (Å²) < 4.78 is 0. The van der Waals surface area contributed by atoms with E-state index in [4.69, 9.17) is 0 Å². The summed E-state index contributed by atoms with van der Waals surface area (Å²) in [5.41, 5.74) is 5.25. The lowest BCUT2D eigenvalue weighted by atomic mass is 9.81. The molecule has 0 atom stereocenters. The second-order valence-electron chi connectivity index (χ2n) is 5.41. The fourth-order valence-electron chi connectivity index (χ4n) is 3.27. The predicted molar refractivity (Wildman–Crippen MR) is 89.3 cm³/mol. The van der Waals surface area contributed by atoms with Crippen LogP contribution in [0.4, 0.5) is 0 Å². The molecule has 2 heteroatoms. The number of carbonyl (C=O) groups excluding carboxylic acids is 1. The first-order valence-electron chi connectivity index (χ1n) is 7.01. The van der Waals surface area contributed by atoms with Crippen LogP contribution in [0.15, 0.2) is 54.6 Å². The van der Waals surface area contributed by atoms with Crippen LogP contribution in [-0.2, 0) is 11.8 Å². The van der Waals surface area contributed by atoms with Crippen LogP contribution in [0.5, 0.6) is 0 Å². The summed E-state index contributed by atoms with van der Waals surface area (Å²) in [4.78, 5) is 12.9. The zero-order chi connectivity index (χ0) is 14.4. The van der Waals surface area contributed by atoms with Crippen molar-refractivity contribution in [1.29, 1.82) is 0 Å². The van der Waals surface area contributed by atoms with Crippen LogP contribution in [0.3, 0.4) is 0 Å². The van der Waals surface area contributed by atoms with Crippen molar-refractivity contribution in [2.75, 3.05) is 0 Å². The minimum Gasteiger partial charge on any atom is -0.289 e. The molecular formula is C19H13BrO. The Hall–Kier alpha value is -1.93. The van der Waals surface area contributed by atoms with Gasteiger partial charge in [0.1, 0.15) is 0 Å². The topological polar surface area (TPSA) is 17.1 Å². The molecule has 0 bridgehead atoms. The second-order valence-corrected chi connectivity index (χ2v) is 5.97. The predicted octanol–water partition coefficient (Wildman–Crippen LogP) is 4.87. The van der Waals surface area contributed by atoms with Crippen molar-refractivity contribution in [3.05, 3.63) is 82.4 Å². The van der Waals surface area contributed by atoms with Crippen LogP contribution in [0.1, 0.15) is 32.6 Å². The van der Waals surface area contributed by atoms with E-state index >= 15 is 0 Å². The molecule has 1 nitrogen and oxygen atoms in total. The fourth-order valence-corrected chi connectivity index (χ4v) is 3.73. The molecule has 0 fully saturated rings. The maximum atomic E-state index is 12.9. The highest BCUT2D eigenvalue weighted by Crippen LogP contribution is 2.34. The van der Waals surface area contributed by atoms with Crippen LogP contribution >= 0.6 is 15.9 Å². The number of carbonyl (C=O) groups is 1. The molecule has 0 aromatic heterocycles. The second kappa shape index (κ2) is 4.81. The molecule has 0 saturated carbocycles. The van der Waals surface area contributed by atoms with Gasteiger partial charge in [-0.15, -0.1) is 0 Å². The number of hydrogen-bond acceptors (Lipinski definition) is 1. The third-order valence-electron chi connectivity index (χ3n) is 4.23. The molecule has 0 amide bonds. The van der Waals surface area contributed by atoms with Gasteiger partial charge in [-0.25, -0.2) is 0 Å². The van der Waals surface area contributed by atoms with Gasteiger partial charge in [0.05, 0.1) is 0 Å². The average Bonchev–Trinajstić information content (AvgIpc) is 2.54. The summed E-state index contributed by atoms with van der Waals surface area (Å²) in [6, 6.07) is 18.3. The van der Waals surface area contributed by atoms with E-state index in [0.29, 0.717) is 0 Å². The Morgan fingerprint density at radius 1 is 0.905 bits per heavy atom. The van der Waals surface area contributed by atoms with Crippen molar-refractivity contribution in [3.63, 3.8) is 0 Å². The molecule has 3 aromatic rings. The minimum atomic E-state index is 0.157. The zero-order valence-electron chi connectivity index (χ0n) is 11.4. The van der Waals surface area contributed by atoms with E-state index in [1.807, 2.05) is 30.3 Å². The van der Waals surface area contributed by atoms with Gasteiger partial charge in [-0.05, 0) is 33.9 Å². The summed E-state index contributed by atoms with van der Waals surface area (Å²) in [6.45, 7) is 0. The normalized spacial score (nSPS) is 13.1. The van der Waals surface area contributed by atoms with Crippen molar-refractivity contribution in [1.82, 2.24) is 0 Å². The lowest BCUT2D eigenvalue weighted by Gasteiger charge is -2.21. The summed E-state index contributed by atoms with van der Waals surface area (Å²) in [5, 5.41) is 3.04. The number of fused-ring (bicyclic) bond motifs is 4. The zero-order valence-corrected chi connectivity index (χ0v) is 13.0. The van der Waals surface area contributed by atoms with E-state index in [2.05, 4.69) is 40.2 Å². The summed E-state index contributed by atoms with van der Waals surface area (Å²) in [5.74, 6) is 0.157. The molecule has 0 heterocycles. The molecule has 0 N–H and O–H groups in total. The number of halogens is 1. The highest BCUT2D eigenvalue weighted by molar-refractivity contribution is 9.08. The molecule has 1 aliphatic rings. The lowest BCUT2D eigenvalue weighted by Crippen LogP contribution is -2.16. The van der Waals surface area contributed by atoms with Gasteiger partial charge in [0.25, 0.3) is 0 Å². The highest BCUT2D eigenvalue weighted by Gasteiger charge is 2.25. The number of rotatable bonds is 1. The minimum absolute atomic E-state index is 0.157. The van der Waals surface area contributed by atoms with E-state index in [1.165, 1.54) is 10.9 Å². The van der Waals surface area contributed by atoms with Crippen molar-refractivity contribution >= 4 is 32.5 Å². The van der Waals surface area contributed by atoms with E-state index in [9.17, 15) is 4.79 Å². The smallest absolute Gasteiger partial charge is 0.194 e. The summed E-state index contributed by atoms with van der Waals surface area (Å²) in [7, 11) is 0. The highest BCUT2D eigenvalue weighted by atomic mass is 79.9. The maximum absolute atomic E-state index is 12.9. The molecule has 0 unspecified atom stereocenters. The van der Waals surface area contributed by atoms with Crippen molar-refractivity contribution < 1.29 is 4.79 Å². The Kier molecular flexibility index (Phi) is 2.93. The molecule has 0 radical (unpaired) electrons. The third kappa shape index (κ3) is 1.86. The number of benzene rings is 3. The van der Waals surface area contributed by atoms with Crippen LogP contribution in [0.2, 0.25) is 0 Å². The molecule has 21 heavy (non-hydrogen) atoms. The molecule has 0 aliphatic heterocycles. The van der Waals surface area contributed by atoms with Crippen molar-refractivity contribution in [2.24, 2.45) is 0 Å². The first-order chi connectivity index (χ1) is 10.3. The maximum Gasteiger partial charge on any atom is 0.194 e. The summed E-state index contributed by atoms with van der Waals surface area (Å²) in [6.07, 6.45) is 0.835. The summed E-state index contributed by atoms with van der Waals surface area (Å²) >= 11 is 3.57. The monoisotopic (exact) mass is 336 g/mol. The van der Waals surface area contributed by atoms with Crippen LogP contribution in [-0.4, -0.2) is 5.78 Å². The van der Waals surface area contributed by atoms with Gasteiger partial charge in [0.15, 0.2) is 5.78 Å². The van der Waals surface area contributed by atoms with Crippen LogP contribution in [0, 0.1) is 0 Å². The molecule has 0 spiro atoms. The van der Waals surface area contributed by atoms with Crippen molar-refractivity contribution in [2.45, 2.75) is 11.8 Å². The SMILES string of the molecule is O=C1c2ccccc2Cc2cc(CBr)c3ccccc3c21. The number of alkyl halides is 1. The Labute approximate surface area is 131 Å². The Morgan fingerprint density at radius 2 is 1.62 bits per heavy atom. The fraction of sp³-hybridized carbons (Fsp3) is 0.105. The Morgan fingerprint density at radius 3 is 2.43 bits per heavy atom. The quantitative estimate of drug-likeness (QED) is 0.453. The molecular weight excluding hydrogens is 324 g/mol. The standard InChI is InChI=1S/C19H13BrO/c20-11-14-10-13-9-12-5-1-2-7-16(12)19(21)18(13)17-8-4-3-6-15(14)17/h1-8,10H,9,11H2.